The third kappa shape index (κ3) is 3.82. The molecule has 0 fully saturated rings. The lowest BCUT2D eigenvalue weighted by molar-refractivity contribution is 0.103. The molecular weight excluding hydrogens is 314 g/mol. The Morgan fingerprint density at radius 3 is 2.70 bits per heavy atom. The van der Waals surface area contributed by atoms with E-state index in [0.717, 1.165) is 16.6 Å². The number of rotatable bonds is 8. The molecule has 0 atom stereocenters. The highest BCUT2D eigenvalue weighted by Gasteiger charge is 2.17. The molecule has 0 aliphatic carbocycles. The van der Waals surface area contributed by atoms with E-state index in [4.69, 9.17) is 14.3 Å². The van der Waals surface area contributed by atoms with Crippen LogP contribution < -0.4 is 0 Å². The van der Waals surface area contributed by atoms with Gasteiger partial charge in [0.2, 0.25) is 5.82 Å². The van der Waals surface area contributed by atoms with Crippen LogP contribution >= 0.6 is 11.8 Å². The van der Waals surface area contributed by atoms with Crippen LogP contribution in [0.1, 0.15) is 0 Å². The Labute approximate surface area is 138 Å². The van der Waals surface area contributed by atoms with Crippen molar-refractivity contribution in [3.05, 3.63) is 48.7 Å². The predicted octanol–water partition coefficient (Wildman–Crippen LogP) is 2.63. The van der Waals surface area contributed by atoms with E-state index in [0.29, 0.717) is 24.8 Å². The highest BCUT2D eigenvalue weighted by molar-refractivity contribution is 7.99. The fraction of sp³-hybridized carbons (Fsp3) is 0.250. The molecule has 3 aromatic rings. The Morgan fingerprint density at radius 2 is 1.96 bits per heavy atom. The summed E-state index contributed by atoms with van der Waals surface area (Å²) in [6.45, 7) is 0.931. The van der Waals surface area contributed by atoms with Crippen molar-refractivity contribution in [2.45, 2.75) is 5.16 Å². The lowest BCUT2D eigenvalue weighted by Crippen LogP contribution is -2.04. The smallest absolute Gasteiger partial charge is 0.205 e. The summed E-state index contributed by atoms with van der Waals surface area (Å²) in [5, 5.41) is 18.0. The van der Waals surface area contributed by atoms with Gasteiger partial charge in [0.05, 0.1) is 26.1 Å². The van der Waals surface area contributed by atoms with Crippen LogP contribution in [0.15, 0.2) is 58.3 Å². The quantitative estimate of drug-likeness (QED) is 0.505. The molecule has 6 nitrogen and oxygen atoms in total. The van der Waals surface area contributed by atoms with Gasteiger partial charge in [0.15, 0.2) is 10.9 Å². The summed E-state index contributed by atoms with van der Waals surface area (Å²) < 4.78 is 12.7. The third-order valence-corrected chi connectivity index (χ3v) is 3.98. The third-order valence-electron chi connectivity index (χ3n) is 3.08. The normalized spacial score (nSPS) is 11.0. The number of thioether (sulfide) groups is 1. The summed E-state index contributed by atoms with van der Waals surface area (Å²) in [7, 11) is 0. The minimum Gasteiger partial charge on any atom is -0.461 e. The van der Waals surface area contributed by atoms with Crippen molar-refractivity contribution in [2.24, 2.45) is 0 Å². The maximum absolute atomic E-state index is 8.72. The summed E-state index contributed by atoms with van der Waals surface area (Å²) >= 11 is 1.55. The first kappa shape index (κ1) is 15.8. The van der Waals surface area contributed by atoms with Gasteiger partial charge in [0, 0.05) is 11.4 Å². The zero-order chi connectivity index (χ0) is 15.9. The number of aromatic nitrogens is 3. The Bertz CT molecular complexity index is 714. The number of aliphatic hydroxyl groups is 1. The number of hydrogen-bond acceptors (Lipinski definition) is 6. The van der Waals surface area contributed by atoms with Gasteiger partial charge in [0.1, 0.15) is 0 Å². The number of nitrogens with zero attached hydrogens (tertiary/aromatic N) is 3. The average molecular weight is 331 g/mol. The molecule has 1 N–H and O–H groups in total. The van der Waals surface area contributed by atoms with Crippen molar-refractivity contribution >= 4 is 11.8 Å². The highest BCUT2D eigenvalue weighted by Crippen LogP contribution is 2.27. The summed E-state index contributed by atoms with van der Waals surface area (Å²) in [6, 6.07) is 13.6. The number of furan rings is 1. The maximum atomic E-state index is 8.72. The molecule has 23 heavy (non-hydrogen) atoms. The van der Waals surface area contributed by atoms with E-state index in [2.05, 4.69) is 10.2 Å². The van der Waals surface area contributed by atoms with E-state index in [1.54, 1.807) is 18.0 Å². The largest absolute Gasteiger partial charge is 0.461 e. The fourth-order valence-electron chi connectivity index (χ4n) is 2.10. The van der Waals surface area contributed by atoms with Crippen LogP contribution in [-0.4, -0.2) is 45.4 Å². The van der Waals surface area contributed by atoms with Gasteiger partial charge in [0.25, 0.3) is 0 Å². The number of para-hydroxylation sites is 1. The number of benzene rings is 1. The monoisotopic (exact) mass is 331 g/mol. The van der Waals surface area contributed by atoms with Crippen molar-refractivity contribution in [3.8, 4) is 17.3 Å². The van der Waals surface area contributed by atoms with Gasteiger partial charge in [-0.15, -0.1) is 10.2 Å². The van der Waals surface area contributed by atoms with Crippen molar-refractivity contribution in [2.75, 3.05) is 25.6 Å². The topological polar surface area (TPSA) is 73.3 Å². The SMILES string of the molecule is OCCOCCSc1nnc(-c2ccco2)n1-c1ccccc1. The zero-order valence-electron chi connectivity index (χ0n) is 12.5. The zero-order valence-corrected chi connectivity index (χ0v) is 13.3. The number of aliphatic hydroxyl groups excluding tert-OH is 1. The lowest BCUT2D eigenvalue weighted by Gasteiger charge is -2.09. The first-order valence-electron chi connectivity index (χ1n) is 7.26. The first-order chi connectivity index (χ1) is 11.4. The van der Waals surface area contributed by atoms with E-state index in [1.165, 1.54) is 0 Å². The van der Waals surface area contributed by atoms with Crippen LogP contribution in [0.3, 0.4) is 0 Å². The lowest BCUT2D eigenvalue weighted by atomic mass is 10.3. The van der Waals surface area contributed by atoms with E-state index in [1.807, 2.05) is 47.0 Å². The van der Waals surface area contributed by atoms with E-state index in [9.17, 15) is 0 Å². The van der Waals surface area contributed by atoms with Gasteiger partial charge in [-0.3, -0.25) is 4.57 Å². The van der Waals surface area contributed by atoms with Crippen molar-refractivity contribution < 1.29 is 14.3 Å². The van der Waals surface area contributed by atoms with E-state index >= 15 is 0 Å². The van der Waals surface area contributed by atoms with Crippen LogP contribution in [0.2, 0.25) is 0 Å². The Morgan fingerprint density at radius 1 is 1.09 bits per heavy atom. The minimum atomic E-state index is 0.0352. The number of hydrogen-bond donors (Lipinski definition) is 1. The van der Waals surface area contributed by atoms with Gasteiger partial charge in [-0.25, -0.2) is 0 Å². The average Bonchev–Trinajstić information content (AvgIpc) is 3.25. The van der Waals surface area contributed by atoms with E-state index < -0.39 is 0 Å². The molecule has 7 heteroatoms. The maximum Gasteiger partial charge on any atom is 0.205 e. The van der Waals surface area contributed by atoms with Crippen LogP contribution in [0.5, 0.6) is 0 Å². The summed E-state index contributed by atoms with van der Waals surface area (Å²) in [6.07, 6.45) is 1.62. The van der Waals surface area contributed by atoms with Crippen LogP contribution in [-0.2, 0) is 4.74 Å². The van der Waals surface area contributed by atoms with Gasteiger partial charge >= 0.3 is 0 Å². The molecule has 0 aliphatic rings. The van der Waals surface area contributed by atoms with Crippen molar-refractivity contribution in [1.82, 2.24) is 14.8 Å². The first-order valence-corrected chi connectivity index (χ1v) is 8.25. The molecule has 0 radical (unpaired) electrons. The Balaban J connectivity index is 1.85. The molecule has 0 bridgehead atoms. The van der Waals surface area contributed by atoms with Crippen LogP contribution in [0.25, 0.3) is 17.3 Å². The molecule has 120 valence electrons. The molecule has 0 saturated heterocycles. The molecule has 0 spiro atoms. The Kier molecular flexibility index (Phi) is 5.46. The van der Waals surface area contributed by atoms with Crippen molar-refractivity contribution in [3.63, 3.8) is 0 Å². The van der Waals surface area contributed by atoms with Gasteiger partial charge in [-0.2, -0.15) is 0 Å². The predicted molar refractivity (Wildman–Crippen MR) is 87.7 cm³/mol. The molecule has 1 aromatic carbocycles. The molecule has 2 aromatic heterocycles. The molecule has 3 rings (SSSR count). The summed E-state index contributed by atoms with van der Waals surface area (Å²) in [4.78, 5) is 0. The number of ether oxygens (including phenoxy) is 1. The highest BCUT2D eigenvalue weighted by atomic mass is 32.2. The molecular formula is C16H17N3O3S. The fourth-order valence-corrected chi connectivity index (χ4v) is 2.90. The minimum absolute atomic E-state index is 0.0352. The van der Waals surface area contributed by atoms with Gasteiger partial charge < -0.3 is 14.3 Å². The van der Waals surface area contributed by atoms with E-state index in [-0.39, 0.29) is 6.61 Å². The Hall–Kier alpha value is -2.09. The summed E-state index contributed by atoms with van der Waals surface area (Å²) in [5.41, 5.74) is 0.975. The second-order valence-electron chi connectivity index (χ2n) is 4.64. The van der Waals surface area contributed by atoms with Crippen molar-refractivity contribution in [1.29, 1.82) is 0 Å². The standard InChI is InChI=1S/C16H17N3O3S/c20-8-10-21-11-12-23-16-18-17-15(14-7-4-9-22-14)19(16)13-5-2-1-3-6-13/h1-7,9,20H,8,10-12H2. The molecule has 0 unspecified atom stereocenters. The molecule has 0 saturated carbocycles. The van der Waals surface area contributed by atoms with Crippen LogP contribution in [0, 0.1) is 0 Å². The second-order valence-corrected chi connectivity index (χ2v) is 5.70. The van der Waals surface area contributed by atoms with Crippen LogP contribution in [0.4, 0.5) is 0 Å². The second kappa shape index (κ2) is 7.96. The van der Waals surface area contributed by atoms with Gasteiger partial charge in [-0.05, 0) is 24.3 Å². The molecule has 2 heterocycles. The van der Waals surface area contributed by atoms with Gasteiger partial charge in [-0.1, -0.05) is 30.0 Å². The molecule has 0 aliphatic heterocycles. The summed E-state index contributed by atoms with van der Waals surface area (Å²) in [5.74, 6) is 2.06. The molecule has 0 amide bonds.